The van der Waals surface area contributed by atoms with Crippen molar-refractivity contribution in [3.8, 4) is 0 Å². The normalized spacial score (nSPS) is 9.00. The van der Waals surface area contributed by atoms with Crippen molar-refractivity contribution in [2.75, 3.05) is 26.1 Å². The first kappa shape index (κ1) is 50.9. The van der Waals surface area contributed by atoms with Crippen molar-refractivity contribution in [1.29, 1.82) is 0 Å². The van der Waals surface area contributed by atoms with Gasteiger partial charge in [0.2, 0.25) is 5.91 Å². The highest BCUT2D eigenvalue weighted by Gasteiger charge is 2.16. The molecule has 240 valence electrons. The number of carbonyl (C=O) groups is 1. The number of anilines is 1. The molecule has 0 aliphatic carbocycles. The van der Waals surface area contributed by atoms with Crippen molar-refractivity contribution >= 4 is 11.6 Å². The molecule has 2 aromatic carbocycles. The maximum atomic E-state index is 11.5. The van der Waals surface area contributed by atoms with Gasteiger partial charge in [-0.1, -0.05) is 137 Å². The molecule has 0 radical (unpaired) electrons. The molecule has 0 spiro atoms. The van der Waals surface area contributed by atoms with Crippen molar-refractivity contribution in [3.63, 3.8) is 0 Å². The van der Waals surface area contributed by atoms with Crippen LogP contribution in [0.1, 0.15) is 95.6 Å². The lowest BCUT2D eigenvalue weighted by molar-refractivity contribution is -0.118. The molecule has 2 aromatic rings. The predicted molar refractivity (Wildman–Crippen MR) is 188 cm³/mol. The molecule has 0 saturated heterocycles. The second-order valence-electron chi connectivity index (χ2n) is 7.21. The molecule has 41 heavy (non-hydrogen) atoms. The number of ether oxygens (including phenoxy) is 2. The number of aryl methyl sites for hydroxylation is 1. The monoisotopic (exact) mass is 577 g/mol. The average molecular weight is 577 g/mol. The highest BCUT2D eigenvalue weighted by Crippen LogP contribution is 2.07. The van der Waals surface area contributed by atoms with Gasteiger partial charge < -0.3 is 20.5 Å². The summed E-state index contributed by atoms with van der Waals surface area (Å²) in [6.45, 7) is 30.3. The van der Waals surface area contributed by atoms with E-state index in [1.54, 1.807) is 20.3 Å². The van der Waals surface area contributed by atoms with E-state index in [-0.39, 0.29) is 11.8 Å². The van der Waals surface area contributed by atoms with Crippen LogP contribution in [0.4, 0.5) is 5.69 Å². The van der Waals surface area contributed by atoms with Gasteiger partial charge in [0, 0.05) is 19.4 Å². The van der Waals surface area contributed by atoms with Crippen molar-refractivity contribution < 1.29 is 14.3 Å². The summed E-state index contributed by atoms with van der Waals surface area (Å²) in [7, 11) is 3.28. The number of amides is 1. The van der Waals surface area contributed by atoms with Crippen molar-refractivity contribution in [3.05, 3.63) is 90.7 Å². The lowest BCUT2D eigenvalue weighted by Crippen LogP contribution is -2.39. The number of hydrogen-bond donors (Lipinski definition) is 2. The number of allylic oxidation sites excluding steroid dienone is 2. The fraction of sp³-hybridized carbons (Fsp3) is 0.528. The Labute approximate surface area is 256 Å². The Bertz CT molecular complexity index is 744. The first-order valence-corrected chi connectivity index (χ1v) is 15.3. The Balaban J connectivity index is -0.0000000981. The molecular formula is C36H68N2O3. The van der Waals surface area contributed by atoms with Gasteiger partial charge >= 0.3 is 0 Å². The number of rotatable bonds is 7. The molecule has 0 bridgehead atoms. The molecule has 3 N–H and O–H groups in total. The van der Waals surface area contributed by atoms with E-state index in [1.165, 1.54) is 5.56 Å². The minimum atomic E-state index is -0.449. The Hall–Kier alpha value is -2.89. The third kappa shape index (κ3) is 41.7. The number of methoxy groups -OCH3 is 2. The van der Waals surface area contributed by atoms with Crippen LogP contribution in [0.3, 0.4) is 0 Å². The summed E-state index contributed by atoms with van der Waals surface area (Å²) < 4.78 is 9.25. The van der Waals surface area contributed by atoms with Crippen LogP contribution in [-0.4, -0.2) is 32.8 Å². The van der Waals surface area contributed by atoms with E-state index >= 15 is 0 Å². The first-order chi connectivity index (χ1) is 19.8. The van der Waals surface area contributed by atoms with E-state index in [1.807, 2.05) is 126 Å². The van der Waals surface area contributed by atoms with Crippen LogP contribution in [0.15, 0.2) is 85.2 Å². The van der Waals surface area contributed by atoms with Gasteiger partial charge in [0.05, 0.1) is 13.2 Å². The smallest absolute Gasteiger partial charge is 0.241 e. The molecule has 0 heterocycles. The standard InChI is InChI=1S/C11H16N2O.C8H10.C6H10O.C3H8O.4C2H6/c1-8(2)10(12)11(14)13-9-6-4-3-5-7-9;1-2-8-6-4-3-5-7-8;1-4-5-6(2)7-3;1-3-4-2;4*1-2/h3-8,10H,12H2,1-2H3,(H,13,14);3-7H,2H2,1H3;4-5H,2H2,1,3H3;3H2,1-2H3;4*1-2H3/b;;5-4-;;;;;. The van der Waals surface area contributed by atoms with E-state index < -0.39 is 6.04 Å². The summed E-state index contributed by atoms with van der Waals surface area (Å²) in [6.07, 6.45) is 4.83. The third-order valence-electron chi connectivity index (χ3n) is 4.22. The van der Waals surface area contributed by atoms with E-state index in [9.17, 15) is 4.79 Å². The second kappa shape index (κ2) is 46.9. The third-order valence-corrected chi connectivity index (χ3v) is 4.22. The van der Waals surface area contributed by atoms with Crippen LogP contribution in [0, 0.1) is 5.92 Å². The molecule has 5 heteroatoms. The average Bonchev–Trinajstić information content (AvgIpc) is 3.06. The molecular weight excluding hydrogens is 508 g/mol. The van der Waals surface area contributed by atoms with Crippen molar-refractivity contribution in [1.82, 2.24) is 0 Å². The van der Waals surface area contributed by atoms with Crippen LogP contribution in [-0.2, 0) is 20.7 Å². The predicted octanol–water partition coefficient (Wildman–Crippen LogP) is 10.3. The van der Waals surface area contributed by atoms with Crippen LogP contribution in [0.25, 0.3) is 0 Å². The Morgan fingerprint density at radius 1 is 0.854 bits per heavy atom. The fourth-order valence-electron chi connectivity index (χ4n) is 2.02. The van der Waals surface area contributed by atoms with E-state index in [0.717, 1.165) is 18.7 Å². The van der Waals surface area contributed by atoms with Crippen molar-refractivity contribution in [2.24, 2.45) is 11.7 Å². The van der Waals surface area contributed by atoms with E-state index in [0.29, 0.717) is 5.76 Å². The molecule has 5 nitrogen and oxygen atoms in total. The summed E-state index contributed by atoms with van der Waals surface area (Å²) in [5, 5.41) is 2.76. The molecule has 1 unspecified atom stereocenters. The van der Waals surface area contributed by atoms with Gasteiger partial charge in [-0.2, -0.15) is 0 Å². The number of para-hydroxylation sites is 1. The molecule has 0 aliphatic heterocycles. The minimum Gasteiger partial charge on any atom is -0.497 e. The summed E-state index contributed by atoms with van der Waals surface area (Å²) >= 11 is 0. The highest BCUT2D eigenvalue weighted by atomic mass is 16.5. The molecule has 0 saturated carbocycles. The van der Waals surface area contributed by atoms with Gasteiger partial charge in [0.25, 0.3) is 0 Å². The van der Waals surface area contributed by atoms with E-state index in [4.69, 9.17) is 10.5 Å². The zero-order chi connectivity index (χ0) is 33.5. The zero-order valence-electron chi connectivity index (χ0n) is 29.5. The number of hydrogen-bond acceptors (Lipinski definition) is 4. The van der Waals surface area contributed by atoms with Gasteiger partial charge in [-0.15, -0.1) is 0 Å². The topological polar surface area (TPSA) is 73.6 Å². The summed E-state index contributed by atoms with van der Waals surface area (Å²) in [5.74, 6) is 0.715. The van der Waals surface area contributed by atoms with Crippen LogP contribution in [0.2, 0.25) is 0 Å². The van der Waals surface area contributed by atoms with Gasteiger partial charge in [0.15, 0.2) is 0 Å². The molecule has 1 atom stereocenters. The highest BCUT2D eigenvalue weighted by molar-refractivity contribution is 5.94. The number of nitrogens with two attached hydrogens (primary N) is 1. The minimum absolute atomic E-state index is 0.133. The number of benzene rings is 2. The number of carbonyl (C=O) groups excluding carboxylic acids is 1. The maximum Gasteiger partial charge on any atom is 0.241 e. The molecule has 0 aromatic heterocycles. The summed E-state index contributed by atoms with van der Waals surface area (Å²) in [4.78, 5) is 11.5. The van der Waals surface area contributed by atoms with Gasteiger partial charge in [0.1, 0.15) is 5.76 Å². The van der Waals surface area contributed by atoms with Gasteiger partial charge in [-0.05, 0) is 50.0 Å². The van der Waals surface area contributed by atoms with Crippen LogP contribution < -0.4 is 11.1 Å². The van der Waals surface area contributed by atoms with E-state index in [2.05, 4.69) is 47.8 Å². The lowest BCUT2D eigenvalue weighted by Gasteiger charge is -2.15. The number of nitrogens with one attached hydrogen (secondary N) is 1. The summed E-state index contributed by atoms with van der Waals surface area (Å²) in [6, 6.07) is 19.3. The van der Waals surface area contributed by atoms with Crippen LogP contribution in [0.5, 0.6) is 0 Å². The first-order valence-electron chi connectivity index (χ1n) is 15.3. The van der Waals surface area contributed by atoms with Gasteiger partial charge in [-0.25, -0.2) is 0 Å². The van der Waals surface area contributed by atoms with Crippen LogP contribution >= 0.6 is 0 Å². The van der Waals surface area contributed by atoms with Gasteiger partial charge in [-0.3, -0.25) is 4.79 Å². The zero-order valence-corrected chi connectivity index (χ0v) is 29.5. The molecule has 0 aliphatic rings. The van der Waals surface area contributed by atoms with Crippen molar-refractivity contribution in [2.45, 2.75) is 102 Å². The second-order valence-corrected chi connectivity index (χ2v) is 7.21. The molecule has 0 fully saturated rings. The quantitative estimate of drug-likeness (QED) is 0.254. The Morgan fingerprint density at radius 3 is 1.49 bits per heavy atom. The molecule has 2 rings (SSSR count). The Kier molecular flexibility index (Phi) is 58.3. The SMILES string of the molecule is C=C(/C=C\C)OC.CC.CC.CC.CC.CC(C)C(N)C(=O)Nc1ccccc1.CCOC.CCc1ccccc1. The molecule has 1 amide bonds. The largest absolute Gasteiger partial charge is 0.497 e. The lowest BCUT2D eigenvalue weighted by atomic mass is 10.1. The fourth-order valence-corrected chi connectivity index (χ4v) is 2.02. The Morgan fingerprint density at radius 2 is 1.24 bits per heavy atom. The maximum absolute atomic E-state index is 11.5. The summed E-state index contributed by atoms with van der Waals surface area (Å²) in [5.41, 5.74) is 7.89.